The van der Waals surface area contributed by atoms with Gasteiger partial charge in [-0.15, -0.1) is 0 Å². The van der Waals surface area contributed by atoms with Crippen molar-refractivity contribution in [1.29, 1.82) is 0 Å². The van der Waals surface area contributed by atoms with Crippen LogP contribution < -0.4 is 5.32 Å². The highest BCUT2D eigenvalue weighted by Crippen LogP contribution is 2.28. The molecule has 0 spiro atoms. The number of halogens is 2. The van der Waals surface area contributed by atoms with Gasteiger partial charge in [-0.25, -0.2) is 12.8 Å². The molecule has 0 aromatic heterocycles. The van der Waals surface area contributed by atoms with Gasteiger partial charge in [0.25, 0.3) is 0 Å². The van der Waals surface area contributed by atoms with Gasteiger partial charge in [0, 0.05) is 24.4 Å². The fourth-order valence-electron chi connectivity index (χ4n) is 1.37. The van der Waals surface area contributed by atoms with E-state index in [4.69, 9.17) is 0 Å². The monoisotopic (exact) mass is 294 g/mol. The summed E-state index contributed by atoms with van der Waals surface area (Å²) in [5.74, 6) is -2.65. The number of sulfone groups is 1. The van der Waals surface area contributed by atoms with E-state index < -0.39 is 32.1 Å². The fraction of sp³-hybridized carbons (Fsp3) is 0.400. The maximum absolute atomic E-state index is 13.2. The van der Waals surface area contributed by atoms with Crippen molar-refractivity contribution in [2.45, 2.75) is 6.92 Å². The molecule has 1 rings (SSSR count). The molecule has 1 aromatic rings. The van der Waals surface area contributed by atoms with Crippen molar-refractivity contribution in [3.63, 3.8) is 0 Å². The van der Waals surface area contributed by atoms with Gasteiger partial charge in [0.05, 0.1) is 10.7 Å². The average Bonchev–Trinajstić information content (AvgIpc) is 2.27. The third-order valence-electron chi connectivity index (χ3n) is 2.38. The number of nitro benzene ring substituents is 1. The van der Waals surface area contributed by atoms with Crippen LogP contribution in [-0.4, -0.2) is 31.4 Å². The second kappa shape index (κ2) is 5.91. The lowest BCUT2D eigenvalue weighted by Crippen LogP contribution is -2.18. The molecule has 1 N–H and O–H groups in total. The van der Waals surface area contributed by atoms with Gasteiger partial charge in [0.2, 0.25) is 5.82 Å². The van der Waals surface area contributed by atoms with E-state index in [0.717, 1.165) is 6.07 Å². The Morgan fingerprint density at radius 3 is 2.53 bits per heavy atom. The molecule has 106 valence electrons. The Kier molecular flexibility index (Phi) is 4.76. The Morgan fingerprint density at radius 2 is 2.00 bits per heavy atom. The van der Waals surface area contributed by atoms with Crippen LogP contribution in [0.4, 0.5) is 20.2 Å². The molecule has 0 bridgehead atoms. The highest BCUT2D eigenvalue weighted by molar-refractivity contribution is 7.91. The third kappa shape index (κ3) is 4.12. The summed E-state index contributed by atoms with van der Waals surface area (Å²) >= 11 is 0. The molecule has 0 aliphatic rings. The number of nitrogens with zero attached hydrogens (tertiary/aromatic N) is 1. The molecule has 6 nitrogen and oxygen atoms in total. The van der Waals surface area contributed by atoms with Crippen LogP contribution >= 0.6 is 0 Å². The summed E-state index contributed by atoms with van der Waals surface area (Å²) in [5, 5.41) is 13.0. The lowest BCUT2D eigenvalue weighted by atomic mass is 10.2. The number of rotatable bonds is 6. The maximum Gasteiger partial charge on any atom is 0.327 e. The molecule has 0 aliphatic carbocycles. The van der Waals surface area contributed by atoms with Crippen LogP contribution in [0.3, 0.4) is 0 Å². The molecule has 0 fully saturated rings. The normalized spacial score (nSPS) is 11.3. The quantitative estimate of drug-likeness (QED) is 0.637. The van der Waals surface area contributed by atoms with E-state index in [1.807, 2.05) is 0 Å². The number of benzene rings is 1. The minimum absolute atomic E-state index is 0.0751. The molecule has 0 aliphatic heterocycles. The third-order valence-corrected chi connectivity index (χ3v) is 4.08. The van der Waals surface area contributed by atoms with Crippen LogP contribution in [0.1, 0.15) is 6.92 Å². The molecule has 0 saturated heterocycles. The highest BCUT2D eigenvalue weighted by atomic mass is 32.2. The Morgan fingerprint density at radius 1 is 1.37 bits per heavy atom. The molecule has 0 heterocycles. The average molecular weight is 294 g/mol. The minimum atomic E-state index is -3.26. The molecule has 0 atom stereocenters. The summed E-state index contributed by atoms with van der Waals surface area (Å²) in [6, 6.07) is 1.14. The van der Waals surface area contributed by atoms with Gasteiger partial charge in [-0.2, -0.15) is 4.39 Å². The molecule has 0 saturated carbocycles. The second-order valence-electron chi connectivity index (χ2n) is 3.70. The molecule has 1 aromatic carbocycles. The lowest BCUT2D eigenvalue weighted by molar-refractivity contribution is -0.386. The van der Waals surface area contributed by atoms with Crippen molar-refractivity contribution in [3.05, 3.63) is 33.9 Å². The number of hydrogen-bond donors (Lipinski definition) is 1. The van der Waals surface area contributed by atoms with Crippen LogP contribution in [0.25, 0.3) is 0 Å². The van der Waals surface area contributed by atoms with E-state index in [2.05, 4.69) is 5.32 Å². The number of nitrogens with one attached hydrogen (secondary N) is 1. The van der Waals surface area contributed by atoms with Gasteiger partial charge < -0.3 is 5.32 Å². The first kappa shape index (κ1) is 15.3. The van der Waals surface area contributed by atoms with Crippen molar-refractivity contribution >= 4 is 21.2 Å². The molecular formula is C10H12F2N2O4S. The van der Waals surface area contributed by atoms with E-state index in [9.17, 15) is 27.3 Å². The van der Waals surface area contributed by atoms with Gasteiger partial charge in [0.1, 0.15) is 11.5 Å². The molecular weight excluding hydrogens is 282 g/mol. The van der Waals surface area contributed by atoms with Crippen LogP contribution in [0.2, 0.25) is 0 Å². The second-order valence-corrected chi connectivity index (χ2v) is 6.18. The first-order valence-electron chi connectivity index (χ1n) is 5.34. The van der Waals surface area contributed by atoms with E-state index >= 15 is 0 Å². The fourth-order valence-corrected chi connectivity index (χ4v) is 2.07. The highest BCUT2D eigenvalue weighted by Gasteiger charge is 2.22. The van der Waals surface area contributed by atoms with Gasteiger partial charge in [-0.3, -0.25) is 10.1 Å². The van der Waals surface area contributed by atoms with Crippen molar-refractivity contribution < 1.29 is 22.1 Å². The van der Waals surface area contributed by atoms with Crippen LogP contribution in [0.15, 0.2) is 12.1 Å². The van der Waals surface area contributed by atoms with Gasteiger partial charge in [-0.1, -0.05) is 6.92 Å². The van der Waals surface area contributed by atoms with E-state index in [1.54, 1.807) is 0 Å². The Hall–Kier alpha value is -1.77. The largest absolute Gasteiger partial charge is 0.378 e. The Bertz CT molecular complexity index is 589. The van der Waals surface area contributed by atoms with Crippen molar-refractivity contribution in [3.8, 4) is 0 Å². The van der Waals surface area contributed by atoms with Gasteiger partial charge in [-0.05, 0) is 0 Å². The zero-order valence-corrected chi connectivity index (χ0v) is 10.8. The van der Waals surface area contributed by atoms with E-state index in [-0.39, 0.29) is 23.7 Å². The summed E-state index contributed by atoms with van der Waals surface area (Å²) in [4.78, 5) is 9.66. The predicted molar refractivity (Wildman–Crippen MR) is 65.8 cm³/mol. The smallest absolute Gasteiger partial charge is 0.327 e. The van der Waals surface area contributed by atoms with Crippen molar-refractivity contribution in [2.75, 3.05) is 23.4 Å². The van der Waals surface area contributed by atoms with Crippen LogP contribution in [0.5, 0.6) is 0 Å². The Labute approximate surface area is 108 Å². The summed E-state index contributed by atoms with van der Waals surface area (Å²) in [7, 11) is -3.26. The summed E-state index contributed by atoms with van der Waals surface area (Å²) < 4.78 is 48.7. The molecule has 0 unspecified atom stereocenters. The topological polar surface area (TPSA) is 89.3 Å². The number of anilines is 1. The molecule has 0 radical (unpaired) electrons. The summed E-state index contributed by atoms with van der Waals surface area (Å²) in [6.07, 6.45) is 0. The lowest BCUT2D eigenvalue weighted by Gasteiger charge is -2.07. The summed E-state index contributed by atoms with van der Waals surface area (Å²) in [5.41, 5.74) is -1.29. The summed E-state index contributed by atoms with van der Waals surface area (Å²) in [6.45, 7) is 1.29. The number of hydrogen-bond acceptors (Lipinski definition) is 5. The molecule has 19 heavy (non-hydrogen) atoms. The SMILES string of the molecule is CCS(=O)(=O)CCNc1cc(F)cc(F)c1[N+](=O)[O-]. The first-order valence-corrected chi connectivity index (χ1v) is 7.16. The van der Waals surface area contributed by atoms with E-state index in [1.165, 1.54) is 6.92 Å². The van der Waals surface area contributed by atoms with Crippen molar-refractivity contribution in [2.24, 2.45) is 0 Å². The minimum Gasteiger partial charge on any atom is -0.378 e. The van der Waals surface area contributed by atoms with Crippen molar-refractivity contribution in [1.82, 2.24) is 0 Å². The Balaban J connectivity index is 2.92. The maximum atomic E-state index is 13.2. The zero-order chi connectivity index (χ0) is 14.6. The molecule has 9 heteroatoms. The number of nitro groups is 1. The molecule has 0 amide bonds. The standard InChI is InChI=1S/C10H12F2N2O4S/c1-2-19(17,18)4-3-13-9-6-7(11)5-8(12)10(9)14(15)16/h5-6,13H,2-4H2,1H3. The predicted octanol–water partition coefficient (Wildman–Crippen LogP) is 1.72. The van der Waals surface area contributed by atoms with Crippen LogP contribution in [0, 0.1) is 21.7 Å². The van der Waals surface area contributed by atoms with E-state index in [0.29, 0.717) is 6.07 Å². The first-order chi connectivity index (χ1) is 8.76. The zero-order valence-electron chi connectivity index (χ0n) is 10.0. The van der Waals surface area contributed by atoms with Gasteiger partial charge in [0.15, 0.2) is 9.84 Å². The van der Waals surface area contributed by atoms with Gasteiger partial charge >= 0.3 is 5.69 Å². The van der Waals surface area contributed by atoms with Crippen LogP contribution in [-0.2, 0) is 9.84 Å².